The summed E-state index contributed by atoms with van der Waals surface area (Å²) in [6.07, 6.45) is 12.7. The smallest absolute Gasteiger partial charge is 0.131 e. The third kappa shape index (κ3) is 3.31. The van der Waals surface area contributed by atoms with Crippen LogP contribution in [0.25, 0.3) is 11.6 Å². The van der Waals surface area contributed by atoms with Crippen molar-refractivity contribution in [2.24, 2.45) is 0 Å². The van der Waals surface area contributed by atoms with Crippen LogP contribution in [0.2, 0.25) is 0 Å². The zero-order chi connectivity index (χ0) is 14.2. The molecule has 0 heterocycles. The van der Waals surface area contributed by atoms with Gasteiger partial charge in [-0.3, -0.25) is 0 Å². The van der Waals surface area contributed by atoms with E-state index in [0.29, 0.717) is 5.56 Å². The van der Waals surface area contributed by atoms with Gasteiger partial charge in [0.25, 0.3) is 0 Å². The van der Waals surface area contributed by atoms with Gasteiger partial charge in [-0.15, -0.1) is 0 Å². The molecule has 1 aliphatic carbocycles. The van der Waals surface area contributed by atoms with Gasteiger partial charge in [0, 0.05) is 11.1 Å². The Kier molecular flexibility index (Phi) is 4.65. The summed E-state index contributed by atoms with van der Waals surface area (Å²) in [5.41, 5.74) is 13.9. The molecule has 1 aromatic rings. The predicted molar refractivity (Wildman–Crippen MR) is 83.1 cm³/mol. The Hall–Kier alpha value is -2.90. The first-order valence-electron chi connectivity index (χ1n) is 6.32. The molecule has 0 aliphatic heterocycles. The van der Waals surface area contributed by atoms with Crippen LogP contribution in [0.1, 0.15) is 18.1 Å². The minimum Gasteiger partial charge on any atom is -0.507 e. The van der Waals surface area contributed by atoms with Gasteiger partial charge in [0.1, 0.15) is 5.75 Å². The monoisotopic (exact) mass is 258 g/mol. The molecule has 1 nitrogen and oxygen atoms in total. The van der Waals surface area contributed by atoms with Crippen LogP contribution in [0, 0.1) is 0 Å². The number of rotatable bonds is 3. The normalized spacial score (nSPS) is 11.9. The third-order valence-corrected chi connectivity index (χ3v) is 2.72. The fraction of sp³-hybridized carbons (Fsp3) is 0.0526. The van der Waals surface area contributed by atoms with E-state index in [1.165, 1.54) is 0 Å². The molecule has 0 unspecified atom stereocenters. The van der Waals surface area contributed by atoms with Crippen molar-refractivity contribution in [3.8, 4) is 5.75 Å². The number of hydrogen-bond donors (Lipinski definition) is 1. The van der Waals surface area contributed by atoms with Crippen LogP contribution in [0.15, 0.2) is 77.6 Å². The Morgan fingerprint density at radius 2 is 2.10 bits per heavy atom. The van der Waals surface area contributed by atoms with E-state index in [2.05, 4.69) is 22.9 Å². The number of phenolic OH excluding ortho intramolecular Hbond substituents is 1. The molecule has 0 amide bonds. The summed E-state index contributed by atoms with van der Waals surface area (Å²) < 4.78 is 0. The first-order valence-corrected chi connectivity index (χ1v) is 6.32. The summed E-state index contributed by atoms with van der Waals surface area (Å²) in [4.78, 5) is 0. The zero-order valence-electron chi connectivity index (χ0n) is 11.2. The maximum absolute atomic E-state index is 10.3. The minimum atomic E-state index is 0.229. The van der Waals surface area contributed by atoms with Gasteiger partial charge in [-0.1, -0.05) is 53.3 Å². The topological polar surface area (TPSA) is 20.2 Å². The van der Waals surface area contributed by atoms with Crippen molar-refractivity contribution < 1.29 is 5.11 Å². The standard InChI is InChI=1S/C19H14O/c1-2-3-4-5-7-13-17-14-10-15-18(19(17)20)16-11-8-6-9-12-16/h2-4,8,10-15,20H,1H3/b3-2-,13-4?. The Labute approximate surface area is 118 Å². The second kappa shape index (κ2) is 6.88. The Morgan fingerprint density at radius 1 is 1.20 bits per heavy atom. The number of allylic oxidation sites excluding steroid dienone is 7. The Bertz CT molecular complexity index is 762. The lowest BCUT2D eigenvalue weighted by atomic mass is 10.00. The Balaban J connectivity index is 2.38. The minimum absolute atomic E-state index is 0.229. The second-order valence-electron chi connectivity index (χ2n) is 4.09. The highest BCUT2D eigenvalue weighted by molar-refractivity contribution is 5.81. The molecular formula is C19H14O. The van der Waals surface area contributed by atoms with Gasteiger partial charge >= 0.3 is 0 Å². The first-order chi connectivity index (χ1) is 9.83. The van der Waals surface area contributed by atoms with Crippen LogP contribution in [0.3, 0.4) is 0 Å². The van der Waals surface area contributed by atoms with Gasteiger partial charge in [0.2, 0.25) is 0 Å². The van der Waals surface area contributed by atoms with E-state index in [9.17, 15) is 5.11 Å². The van der Waals surface area contributed by atoms with E-state index in [-0.39, 0.29) is 5.75 Å². The van der Waals surface area contributed by atoms with Crippen LogP contribution >= 0.6 is 0 Å². The number of benzene rings is 1. The van der Waals surface area contributed by atoms with Crippen LogP contribution in [0.5, 0.6) is 5.75 Å². The van der Waals surface area contributed by atoms with Gasteiger partial charge in [0.15, 0.2) is 0 Å². The van der Waals surface area contributed by atoms with Gasteiger partial charge < -0.3 is 5.11 Å². The molecule has 0 atom stereocenters. The van der Waals surface area contributed by atoms with Gasteiger partial charge in [0.05, 0.1) is 0 Å². The molecule has 0 saturated heterocycles. The molecule has 20 heavy (non-hydrogen) atoms. The molecule has 96 valence electrons. The van der Waals surface area contributed by atoms with E-state index in [4.69, 9.17) is 0 Å². The summed E-state index contributed by atoms with van der Waals surface area (Å²) in [7, 11) is 0. The molecule has 0 saturated carbocycles. The summed E-state index contributed by atoms with van der Waals surface area (Å²) in [6.45, 7) is 1.94. The highest BCUT2D eigenvalue weighted by Crippen LogP contribution is 2.30. The molecule has 1 N–H and O–H groups in total. The Morgan fingerprint density at radius 3 is 2.85 bits per heavy atom. The van der Waals surface area contributed by atoms with Crippen molar-refractivity contribution in [3.05, 3.63) is 88.7 Å². The molecule has 1 aliphatic rings. The second-order valence-corrected chi connectivity index (χ2v) is 4.09. The molecule has 1 heteroatoms. The number of hydrogen-bond acceptors (Lipinski definition) is 1. The van der Waals surface area contributed by atoms with Crippen molar-refractivity contribution in [2.45, 2.75) is 6.92 Å². The van der Waals surface area contributed by atoms with Gasteiger partial charge in [-0.05, 0) is 42.9 Å². The van der Waals surface area contributed by atoms with Gasteiger partial charge in [-0.2, -0.15) is 0 Å². The van der Waals surface area contributed by atoms with E-state index in [1.54, 1.807) is 24.3 Å². The molecule has 2 rings (SSSR count). The highest BCUT2D eigenvalue weighted by atomic mass is 16.3. The quantitative estimate of drug-likeness (QED) is 0.622. The summed E-state index contributed by atoms with van der Waals surface area (Å²) in [5.74, 6) is 0.229. The van der Waals surface area contributed by atoms with Crippen LogP contribution in [0.4, 0.5) is 0 Å². The van der Waals surface area contributed by atoms with Gasteiger partial charge in [-0.25, -0.2) is 0 Å². The molecule has 0 bridgehead atoms. The lowest BCUT2D eigenvalue weighted by Gasteiger charge is -2.07. The zero-order valence-corrected chi connectivity index (χ0v) is 11.2. The maximum atomic E-state index is 10.3. The largest absolute Gasteiger partial charge is 0.507 e. The number of aromatic hydroxyl groups is 1. The fourth-order valence-corrected chi connectivity index (χ4v) is 1.74. The molecule has 0 radical (unpaired) electrons. The molecule has 1 aromatic carbocycles. The molecule has 0 aromatic heterocycles. The van der Waals surface area contributed by atoms with Crippen molar-refractivity contribution in [3.63, 3.8) is 0 Å². The number of phenols is 1. The van der Waals surface area contributed by atoms with Crippen LogP contribution < -0.4 is 0 Å². The first kappa shape index (κ1) is 13.5. The summed E-state index contributed by atoms with van der Waals surface area (Å²) in [5, 5.41) is 10.3. The lowest BCUT2D eigenvalue weighted by molar-refractivity contribution is 0.472. The molecule has 0 fully saturated rings. The lowest BCUT2D eigenvalue weighted by Crippen LogP contribution is -1.85. The van der Waals surface area contributed by atoms with Crippen LogP contribution in [-0.4, -0.2) is 5.11 Å². The predicted octanol–water partition coefficient (Wildman–Crippen LogP) is 4.56. The maximum Gasteiger partial charge on any atom is 0.131 e. The average Bonchev–Trinajstić information content (AvgIpc) is 2.49. The molecular weight excluding hydrogens is 244 g/mol. The van der Waals surface area contributed by atoms with E-state index < -0.39 is 0 Å². The van der Waals surface area contributed by atoms with E-state index in [0.717, 1.165) is 11.1 Å². The van der Waals surface area contributed by atoms with Crippen LogP contribution in [-0.2, 0) is 0 Å². The van der Waals surface area contributed by atoms with Crippen molar-refractivity contribution >= 4 is 11.6 Å². The van der Waals surface area contributed by atoms with E-state index in [1.807, 2.05) is 43.4 Å². The van der Waals surface area contributed by atoms with Crippen molar-refractivity contribution in [2.75, 3.05) is 0 Å². The molecule has 0 spiro atoms. The summed E-state index contributed by atoms with van der Waals surface area (Å²) >= 11 is 0. The number of para-hydroxylation sites is 1. The average molecular weight is 258 g/mol. The van der Waals surface area contributed by atoms with Crippen molar-refractivity contribution in [1.82, 2.24) is 0 Å². The van der Waals surface area contributed by atoms with E-state index >= 15 is 0 Å². The SMILES string of the molecule is C/C=C\C=C=C=Cc1cccc(C2=CC=C=C=C2)c1O. The summed E-state index contributed by atoms with van der Waals surface area (Å²) in [6, 6.07) is 5.60. The highest BCUT2D eigenvalue weighted by Gasteiger charge is 2.07. The van der Waals surface area contributed by atoms with Crippen molar-refractivity contribution in [1.29, 1.82) is 0 Å². The fourth-order valence-electron chi connectivity index (χ4n) is 1.74. The third-order valence-electron chi connectivity index (χ3n) is 2.72.